The van der Waals surface area contributed by atoms with E-state index in [2.05, 4.69) is 55.5 Å². The number of nitrogens with zero attached hydrogens (tertiary/aromatic N) is 1. The van der Waals surface area contributed by atoms with E-state index in [0.717, 1.165) is 10.4 Å². The maximum Gasteiger partial charge on any atom is 0.115 e. The number of halogens is 1. The lowest BCUT2D eigenvalue weighted by atomic mass is 9.98. The molecule has 3 nitrogen and oxygen atoms in total. The van der Waals surface area contributed by atoms with E-state index in [0.29, 0.717) is 6.54 Å². The second-order valence-corrected chi connectivity index (χ2v) is 5.86. The summed E-state index contributed by atoms with van der Waals surface area (Å²) in [4.78, 5) is 7.58. The fraction of sp³-hybridized carbons (Fsp3) is 0.154. The SMILES string of the molecule is NCC(c1ncc(Br)[nH]1)c1csc2ccccc12. The summed E-state index contributed by atoms with van der Waals surface area (Å²) in [7, 11) is 0. The topological polar surface area (TPSA) is 54.7 Å². The maximum absolute atomic E-state index is 5.93. The van der Waals surface area contributed by atoms with Crippen molar-refractivity contribution in [3.63, 3.8) is 0 Å². The molecule has 18 heavy (non-hydrogen) atoms. The molecule has 3 aromatic rings. The van der Waals surface area contributed by atoms with Gasteiger partial charge in [-0.3, -0.25) is 0 Å². The molecule has 0 aliphatic heterocycles. The van der Waals surface area contributed by atoms with Crippen LogP contribution in [-0.2, 0) is 0 Å². The minimum absolute atomic E-state index is 0.118. The first kappa shape index (κ1) is 11.9. The van der Waals surface area contributed by atoms with Gasteiger partial charge in [-0.15, -0.1) is 11.3 Å². The van der Waals surface area contributed by atoms with Crippen molar-refractivity contribution in [1.82, 2.24) is 9.97 Å². The Morgan fingerprint density at radius 3 is 2.94 bits per heavy atom. The largest absolute Gasteiger partial charge is 0.336 e. The number of thiophene rings is 1. The third-order valence-electron chi connectivity index (χ3n) is 3.02. The first-order valence-electron chi connectivity index (χ1n) is 5.66. The van der Waals surface area contributed by atoms with Crippen LogP contribution in [0.4, 0.5) is 0 Å². The predicted octanol–water partition coefficient (Wildman–Crippen LogP) is 3.48. The van der Waals surface area contributed by atoms with Crippen molar-refractivity contribution in [2.45, 2.75) is 5.92 Å². The van der Waals surface area contributed by atoms with Crippen LogP contribution in [-0.4, -0.2) is 16.5 Å². The molecule has 1 aromatic carbocycles. The van der Waals surface area contributed by atoms with Gasteiger partial charge < -0.3 is 10.7 Å². The minimum atomic E-state index is 0.118. The van der Waals surface area contributed by atoms with Gasteiger partial charge in [0, 0.05) is 11.2 Å². The van der Waals surface area contributed by atoms with E-state index < -0.39 is 0 Å². The molecule has 0 fully saturated rings. The molecule has 3 N–H and O–H groups in total. The lowest BCUT2D eigenvalue weighted by Gasteiger charge is -2.11. The van der Waals surface area contributed by atoms with Crippen molar-refractivity contribution in [1.29, 1.82) is 0 Å². The van der Waals surface area contributed by atoms with Crippen molar-refractivity contribution in [2.24, 2.45) is 5.73 Å². The number of aromatic amines is 1. The summed E-state index contributed by atoms with van der Waals surface area (Å²) in [5.74, 6) is 1.03. The van der Waals surface area contributed by atoms with Gasteiger partial charge in [0.1, 0.15) is 10.4 Å². The smallest absolute Gasteiger partial charge is 0.115 e. The number of hydrogen-bond donors (Lipinski definition) is 2. The fourth-order valence-corrected chi connectivity index (χ4v) is 3.46. The van der Waals surface area contributed by atoms with E-state index in [4.69, 9.17) is 5.73 Å². The average molecular weight is 322 g/mol. The van der Waals surface area contributed by atoms with Crippen molar-refractivity contribution in [3.05, 3.63) is 51.8 Å². The summed E-state index contributed by atoms with van der Waals surface area (Å²) < 4.78 is 2.17. The first-order valence-corrected chi connectivity index (χ1v) is 7.33. The molecule has 92 valence electrons. The molecule has 0 amide bonds. The number of aromatic nitrogens is 2. The Hall–Kier alpha value is -1.17. The van der Waals surface area contributed by atoms with Crippen LogP contribution < -0.4 is 5.73 Å². The van der Waals surface area contributed by atoms with Gasteiger partial charge in [-0.2, -0.15) is 0 Å². The standard InChI is InChI=1S/C13H12BrN3S/c14-12-6-16-13(17-12)9(5-15)10-7-18-11-4-2-1-3-8(10)11/h1-4,6-7,9H,5,15H2,(H,16,17). The van der Waals surface area contributed by atoms with Gasteiger partial charge in [-0.05, 0) is 38.3 Å². The monoisotopic (exact) mass is 321 g/mol. The van der Waals surface area contributed by atoms with Gasteiger partial charge in [0.15, 0.2) is 0 Å². The van der Waals surface area contributed by atoms with E-state index in [9.17, 15) is 0 Å². The molecule has 0 saturated heterocycles. The quantitative estimate of drug-likeness (QED) is 0.776. The fourth-order valence-electron chi connectivity index (χ4n) is 2.14. The maximum atomic E-state index is 5.93. The zero-order valence-electron chi connectivity index (χ0n) is 9.56. The Labute approximate surface area is 117 Å². The molecule has 0 bridgehead atoms. The predicted molar refractivity (Wildman–Crippen MR) is 79.0 cm³/mol. The highest BCUT2D eigenvalue weighted by Gasteiger charge is 2.19. The molecule has 3 rings (SSSR count). The van der Waals surface area contributed by atoms with E-state index in [-0.39, 0.29) is 5.92 Å². The van der Waals surface area contributed by atoms with Gasteiger partial charge in [0.05, 0.1) is 12.1 Å². The van der Waals surface area contributed by atoms with Crippen molar-refractivity contribution < 1.29 is 0 Å². The number of H-pyrrole nitrogens is 1. The average Bonchev–Trinajstić information content (AvgIpc) is 2.98. The van der Waals surface area contributed by atoms with E-state index in [1.54, 1.807) is 17.5 Å². The summed E-state index contributed by atoms with van der Waals surface area (Å²) in [5, 5.41) is 3.45. The lowest BCUT2D eigenvalue weighted by Crippen LogP contribution is -2.14. The van der Waals surface area contributed by atoms with E-state index in [1.165, 1.54) is 15.6 Å². The van der Waals surface area contributed by atoms with Crippen LogP contribution in [0, 0.1) is 0 Å². The van der Waals surface area contributed by atoms with Gasteiger partial charge in [0.25, 0.3) is 0 Å². The summed E-state index contributed by atoms with van der Waals surface area (Å²) in [6.07, 6.45) is 1.77. The Kier molecular flexibility index (Phi) is 3.20. The molecule has 0 aliphatic rings. The summed E-state index contributed by atoms with van der Waals surface area (Å²) in [6.45, 7) is 0.542. The van der Waals surface area contributed by atoms with Crippen LogP contribution in [0.25, 0.3) is 10.1 Å². The van der Waals surface area contributed by atoms with Crippen LogP contribution in [0.15, 0.2) is 40.4 Å². The zero-order valence-corrected chi connectivity index (χ0v) is 12.0. The number of fused-ring (bicyclic) bond motifs is 1. The number of imidazole rings is 1. The third-order valence-corrected chi connectivity index (χ3v) is 4.40. The van der Waals surface area contributed by atoms with Crippen molar-refractivity contribution in [3.8, 4) is 0 Å². The minimum Gasteiger partial charge on any atom is -0.336 e. The highest BCUT2D eigenvalue weighted by Crippen LogP contribution is 2.33. The summed E-state index contributed by atoms with van der Waals surface area (Å²) in [6, 6.07) is 8.39. The number of nitrogens with one attached hydrogen (secondary N) is 1. The van der Waals surface area contributed by atoms with Crippen LogP contribution >= 0.6 is 27.3 Å². The number of benzene rings is 1. The molecule has 0 saturated carbocycles. The number of rotatable bonds is 3. The second kappa shape index (κ2) is 4.84. The van der Waals surface area contributed by atoms with Crippen LogP contribution in [0.1, 0.15) is 17.3 Å². The van der Waals surface area contributed by atoms with E-state index >= 15 is 0 Å². The summed E-state index contributed by atoms with van der Waals surface area (Å²) >= 11 is 5.14. The normalized spacial score (nSPS) is 13.0. The van der Waals surface area contributed by atoms with Gasteiger partial charge >= 0.3 is 0 Å². The highest BCUT2D eigenvalue weighted by atomic mass is 79.9. The number of hydrogen-bond acceptors (Lipinski definition) is 3. The highest BCUT2D eigenvalue weighted by molar-refractivity contribution is 9.10. The molecule has 2 aromatic heterocycles. The Morgan fingerprint density at radius 1 is 1.39 bits per heavy atom. The molecular weight excluding hydrogens is 310 g/mol. The van der Waals surface area contributed by atoms with Crippen LogP contribution in [0.2, 0.25) is 0 Å². The molecule has 0 radical (unpaired) electrons. The number of nitrogens with two attached hydrogens (primary N) is 1. The second-order valence-electron chi connectivity index (χ2n) is 4.09. The molecule has 5 heteroatoms. The molecule has 1 unspecified atom stereocenters. The van der Waals surface area contributed by atoms with Gasteiger partial charge in [-0.1, -0.05) is 18.2 Å². The van der Waals surface area contributed by atoms with Gasteiger partial charge in [0.2, 0.25) is 0 Å². The Bertz CT molecular complexity index is 673. The molecule has 0 spiro atoms. The van der Waals surface area contributed by atoms with Crippen LogP contribution in [0.5, 0.6) is 0 Å². The molecule has 2 heterocycles. The molecular formula is C13H12BrN3S. The zero-order chi connectivity index (χ0) is 12.5. The lowest BCUT2D eigenvalue weighted by molar-refractivity contribution is 0.772. The third kappa shape index (κ3) is 1.98. The Morgan fingerprint density at radius 2 is 2.22 bits per heavy atom. The van der Waals surface area contributed by atoms with E-state index in [1.807, 2.05) is 0 Å². The molecule has 0 aliphatic carbocycles. The molecule has 1 atom stereocenters. The van der Waals surface area contributed by atoms with Crippen molar-refractivity contribution >= 4 is 37.4 Å². The van der Waals surface area contributed by atoms with Crippen molar-refractivity contribution in [2.75, 3.05) is 6.54 Å². The summed E-state index contributed by atoms with van der Waals surface area (Å²) in [5.41, 5.74) is 7.18. The van der Waals surface area contributed by atoms with Crippen LogP contribution in [0.3, 0.4) is 0 Å². The van der Waals surface area contributed by atoms with Gasteiger partial charge in [-0.25, -0.2) is 4.98 Å². The first-order chi connectivity index (χ1) is 8.79. The Balaban J connectivity index is 2.11.